The van der Waals surface area contributed by atoms with E-state index in [4.69, 9.17) is 9.47 Å². The summed E-state index contributed by atoms with van der Waals surface area (Å²) in [6, 6.07) is 23.6. The van der Waals surface area contributed by atoms with E-state index >= 15 is 0 Å². The van der Waals surface area contributed by atoms with E-state index in [9.17, 15) is 4.79 Å². The Morgan fingerprint density at radius 1 is 0.971 bits per heavy atom. The highest BCUT2D eigenvalue weighted by molar-refractivity contribution is 5.98. The number of aromatic nitrogens is 2. The number of amides is 1. The average Bonchev–Trinajstić information content (AvgIpc) is 3.52. The highest BCUT2D eigenvalue weighted by Crippen LogP contribution is 2.33. The Morgan fingerprint density at radius 2 is 1.88 bits per heavy atom. The van der Waals surface area contributed by atoms with Gasteiger partial charge in [-0.3, -0.25) is 9.78 Å². The van der Waals surface area contributed by atoms with Gasteiger partial charge in [0, 0.05) is 47.3 Å². The van der Waals surface area contributed by atoms with E-state index in [1.54, 1.807) is 6.20 Å². The van der Waals surface area contributed by atoms with Crippen molar-refractivity contribution in [2.45, 2.75) is 13.0 Å². The summed E-state index contributed by atoms with van der Waals surface area (Å²) in [6.07, 6.45) is 4.54. The predicted molar refractivity (Wildman–Crippen MR) is 131 cm³/mol. The number of pyridine rings is 1. The summed E-state index contributed by atoms with van der Waals surface area (Å²) >= 11 is 0. The fourth-order valence-electron chi connectivity index (χ4n) is 4.50. The lowest BCUT2D eigenvalue weighted by molar-refractivity contribution is 0.0745. The standard InChI is InChI=1S/C28H23N3O3/c32-28(21-8-9-24-20(15-21)4-3-12-29-24)31(17-19-7-10-26-27(14-19)34-18-33-26)13-11-22-16-30-25-6-2-1-5-23(22)25/h1-10,12,14-16,30H,11,13,17-18H2. The number of fused-ring (bicyclic) bond motifs is 3. The van der Waals surface area contributed by atoms with E-state index in [-0.39, 0.29) is 12.7 Å². The second kappa shape index (κ2) is 8.56. The Kier molecular flexibility index (Phi) is 5.11. The minimum atomic E-state index is -0.0109. The molecular formula is C28H23N3O3. The van der Waals surface area contributed by atoms with E-state index in [1.165, 1.54) is 10.9 Å². The van der Waals surface area contributed by atoms with Crippen molar-refractivity contribution in [3.63, 3.8) is 0 Å². The molecular weight excluding hydrogens is 426 g/mol. The molecule has 0 saturated carbocycles. The van der Waals surface area contributed by atoms with Crippen LogP contribution in [0.5, 0.6) is 11.5 Å². The summed E-state index contributed by atoms with van der Waals surface area (Å²) in [5, 5.41) is 2.14. The molecule has 0 saturated heterocycles. The van der Waals surface area contributed by atoms with Crippen molar-refractivity contribution in [3.05, 3.63) is 102 Å². The number of nitrogens with zero attached hydrogens (tertiary/aromatic N) is 2. The van der Waals surface area contributed by atoms with E-state index < -0.39 is 0 Å². The van der Waals surface area contributed by atoms with Crippen LogP contribution in [0.3, 0.4) is 0 Å². The van der Waals surface area contributed by atoms with Crippen LogP contribution >= 0.6 is 0 Å². The number of hydrogen-bond donors (Lipinski definition) is 1. The molecule has 0 fully saturated rings. The molecule has 168 valence electrons. The van der Waals surface area contributed by atoms with Gasteiger partial charge < -0.3 is 19.4 Å². The lowest BCUT2D eigenvalue weighted by Gasteiger charge is -2.23. The molecule has 6 rings (SSSR count). The zero-order valence-electron chi connectivity index (χ0n) is 18.5. The topological polar surface area (TPSA) is 67.5 Å². The molecule has 1 N–H and O–H groups in total. The smallest absolute Gasteiger partial charge is 0.254 e. The zero-order chi connectivity index (χ0) is 22.9. The monoisotopic (exact) mass is 449 g/mol. The summed E-state index contributed by atoms with van der Waals surface area (Å²) in [4.78, 5) is 23.3. The molecule has 2 aromatic heterocycles. The van der Waals surface area contributed by atoms with Gasteiger partial charge in [-0.15, -0.1) is 0 Å². The normalized spacial score (nSPS) is 12.4. The summed E-state index contributed by atoms with van der Waals surface area (Å²) in [5.41, 5.74) is 4.83. The van der Waals surface area contributed by atoms with Crippen LogP contribution in [-0.2, 0) is 13.0 Å². The van der Waals surface area contributed by atoms with Crippen LogP contribution < -0.4 is 9.47 Å². The third-order valence-corrected chi connectivity index (χ3v) is 6.27. The third kappa shape index (κ3) is 3.83. The Hall–Kier alpha value is -4.32. The van der Waals surface area contributed by atoms with Gasteiger partial charge in [0.15, 0.2) is 11.5 Å². The Morgan fingerprint density at radius 3 is 2.85 bits per heavy atom. The number of aromatic amines is 1. The highest BCUT2D eigenvalue weighted by atomic mass is 16.7. The molecule has 5 aromatic rings. The lowest BCUT2D eigenvalue weighted by Crippen LogP contribution is -2.32. The van der Waals surface area contributed by atoms with Crippen molar-refractivity contribution in [2.75, 3.05) is 13.3 Å². The van der Waals surface area contributed by atoms with Crippen LogP contribution in [0.4, 0.5) is 0 Å². The molecule has 6 nitrogen and oxygen atoms in total. The van der Waals surface area contributed by atoms with Crippen molar-refractivity contribution in [3.8, 4) is 11.5 Å². The van der Waals surface area contributed by atoms with Crippen molar-refractivity contribution >= 4 is 27.7 Å². The second-order valence-electron chi connectivity index (χ2n) is 8.43. The van der Waals surface area contributed by atoms with Crippen molar-refractivity contribution < 1.29 is 14.3 Å². The minimum absolute atomic E-state index is 0.0109. The number of carbonyl (C=O) groups is 1. The summed E-state index contributed by atoms with van der Waals surface area (Å²) < 4.78 is 11.0. The zero-order valence-corrected chi connectivity index (χ0v) is 18.5. The SMILES string of the molecule is O=C(c1ccc2ncccc2c1)N(CCc1c[nH]c2ccccc12)Cc1ccc2c(c1)OCO2. The van der Waals surface area contributed by atoms with E-state index in [0.717, 1.165) is 39.9 Å². The first-order valence-electron chi connectivity index (χ1n) is 11.3. The van der Waals surface area contributed by atoms with Gasteiger partial charge in [-0.1, -0.05) is 30.3 Å². The Balaban J connectivity index is 1.30. The molecule has 0 unspecified atom stereocenters. The Labute approximate surface area is 196 Å². The van der Waals surface area contributed by atoms with Gasteiger partial charge in [0.2, 0.25) is 6.79 Å². The van der Waals surface area contributed by atoms with E-state index in [2.05, 4.69) is 22.1 Å². The number of hydrogen-bond acceptors (Lipinski definition) is 4. The number of ether oxygens (including phenoxy) is 2. The minimum Gasteiger partial charge on any atom is -0.454 e. The molecule has 0 spiro atoms. The molecule has 1 amide bonds. The lowest BCUT2D eigenvalue weighted by atomic mass is 10.1. The fourth-order valence-corrected chi connectivity index (χ4v) is 4.50. The predicted octanol–water partition coefficient (Wildman–Crippen LogP) is 5.33. The maximum Gasteiger partial charge on any atom is 0.254 e. The summed E-state index contributed by atoms with van der Waals surface area (Å²) in [6.45, 7) is 1.29. The van der Waals surface area contributed by atoms with Crippen LogP contribution in [0.1, 0.15) is 21.5 Å². The summed E-state index contributed by atoms with van der Waals surface area (Å²) in [5.74, 6) is 1.45. The van der Waals surface area contributed by atoms with Crippen LogP contribution in [-0.4, -0.2) is 34.1 Å². The van der Waals surface area contributed by atoms with Gasteiger partial charge in [0.25, 0.3) is 5.91 Å². The largest absolute Gasteiger partial charge is 0.454 e. The van der Waals surface area contributed by atoms with Gasteiger partial charge >= 0.3 is 0 Å². The molecule has 3 heterocycles. The fraction of sp³-hybridized carbons (Fsp3) is 0.143. The van der Waals surface area contributed by atoms with Crippen molar-refractivity contribution in [2.24, 2.45) is 0 Å². The van der Waals surface area contributed by atoms with E-state index in [1.807, 2.05) is 71.8 Å². The second-order valence-corrected chi connectivity index (χ2v) is 8.43. The molecule has 0 atom stereocenters. The van der Waals surface area contributed by atoms with Crippen molar-refractivity contribution in [1.29, 1.82) is 0 Å². The number of para-hydroxylation sites is 1. The Bertz CT molecular complexity index is 1510. The van der Waals surface area contributed by atoms with Gasteiger partial charge in [-0.25, -0.2) is 0 Å². The molecule has 3 aromatic carbocycles. The van der Waals surface area contributed by atoms with Gasteiger partial charge in [-0.2, -0.15) is 0 Å². The number of carbonyl (C=O) groups excluding carboxylic acids is 1. The first-order chi connectivity index (χ1) is 16.7. The number of rotatable bonds is 6. The molecule has 0 aliphatic carbocycles. The average molecular weight is 450 g/mol. The van der Waals surface area contributed by atoms with Crippen LogP contribution in [0.2, 0.25) is 0 Å². The summed E-state index contributed by atoms with van der Waals surface area (Å²) in [7, 11) is 0. The first kappa shape index (κ1) is 20.3. The van der Waals surface area contributed by atoms with Gasteiger partial charge in [0.1, 0.15) is 0 Å². The molecule has 0 bridgehead atoms. The number of nitrogens with one attached hydrogen (secondary N) is 1. The molecule has 1 aliphatic rings. The van der Waals surface area contributed by atoms with Crippen LogP contribution in [0.15, 0.2) is 85.2 Å². The van der Waals surface area contributed by atoms with Crippen molar-refractivity contribution in [1.82, 2.24) is 14.9 Å². The van der Waals surface area contributed by atoms with Gasteiger partial charge in [0.05, 0.1) is 5.52 Å². The third-order valence-electron chi connectivity index (χ3n) is 6.27. The maximum atomic E-state index is 13.7. The highest BCUT2D eigenvalue weighted by Gasteiger charge is 2.20. The molecule has 1 aliphatic heterocycles. The number of benzene rings is 3. The quantitative estimate of drug-likeness (QED) is 0.381. The number of H-pyrrole nitrogens is 1. The molecule has 6 heteroatoms. The van der Waals surface area contributed by atoms with Crippen LogP contribution in [0, 0.1) is 0 Å². The molecule has 34 heavy (non-hydrogen) atoms. The maximum absolute atomic E-state index is 13.7. The van der Waals surface area contributed by atoms with Gasteiger partial charge in [-0.05, 0) is 60.0 Å². The van der Waals surface area contributed by atoms with E-state index in [0.29, 0.717) is 18.7 Å². The van der Waals surface area contributed by atoms with Crippen LogP contribution in [0.25, 0.3) is 21.8 Å². The molecule has 0 radical (unpaired) electrons. The first-order valence-corrected chi connectivity index (χ1v) is 11.3.